The number of ketones is 1. The largest absolute Gasteiger partial charge is 0.451 e. The summed E-state index contributed by atoms with van der Waals surface area (Å²) in [5, 5.41) is 12.8. The first-order chi connectivity index (χ1) is 13.2. The zero-order valence-electron chi connectivity index (χ0n) is 14.9. The summed E-state index contributed by atoms with van der Waals surface area (Å²) in [6, 6.07) is 8.85. The van der Waals surface area contributed by atoms with E-state index in [-0.39, 0.29) is 18.6 Å². The lowest BCUT2D eigenvalue weighted by Crippen LogP contribution is -2.59. The van der Waals surface area contributed by atoms with Crippen molar-refractivity contribution in [1.82, 2.24) is 5.32 Å². The molecule has 1 amide bonds. The summed E-state index contributed by atoms with van der Waals surface area (Å²) in [6.45, 7) is 0. The molecule has 0 spiro atoms. The molecule has 1 aromatic carbocycles. The van der Waals surface area contributed by atoms with Crippen molar-refractivity contribution in [2.75, 3.05) is 0 Å². The Kier molecular flexibility index (Phi) is 4.34. The maximum absolute atomic E-state index is 13.7. The Morgan fingerprint density at radius 2 is 1.79 bits per heavy atom. The lowest BCUT2D eigenvalue weighted by molar-refractivity contribution is -0.134. The first-order valence-electron chi connectivity index (χ1n) is 9.04. The third-order valence-corrected chi connectivity index (χ3v) is 6.22. The number of hydrogen-bond acceptors (Lipinski definition) is 4. The highest BCUT2D eigenvalue weighted by atomic mass is 79.9. The number of nitrogens with zero attached hydrogens (tertiary/aromatic N) is 1. The van der Waals surface area contributed by atoms with Gasteiger partial charge in [-0.2, -0.15) is 5.26 Å². The van der Waals surface area contributed by atoms with Gasteiger partial charge in [0.05, 0.1) is 6.07 Å². The quantitative estimate of drug-likeness (QED) is 0.728. The van der Waals surface area contributed by atoms with Gasteiger partial charge in [0.2, 0.25) is 5.92 Å². The summed E-state index contributed by atoms with van der Waals surface area (Å²) in [4.78, 5) is 25.9. The van der Waals surface area contributed by atoms with Crippen molar-refractivity contribution in [3.8, 4) is 6.07 Å². The van der Waals surface area contributed by atoms with Crippen LogP contribution in [0.25, 0.3) is 11.0 Å². The van der Waals surface area contributed by atoms with Crippen LogP contribution in [0.4, 0.5) is 8.78 Å². The first-order valence-corrected chi connectivity index (χ1v) is 9.84. The number of amides is 1. The predicted molar refractivity (Wildman–Crippen MR) is 99.8 cm³/mol. The normalized spacial score (nSPS) is 21.6. The fourth-order valence-electron chi connectivity index (χ4n) is 3.82. The molecule has 1 N–H and O–H groups in total. The van der Waals surface area contributed by atoms with Crippen molar-refractivity contribution >= 4 is 38.6 Å². The number of carbonyl (C=O) groups is 2. The molecule has 28 heavy (non-hydrogen) atoms. The molecule has 5 nitrogen and oxygen atoms in total. The SMILES string of the molecule is N#CC1(C(=O)C2(NC(=O)c3cc4ccc(Br)cc4o3)CCC(F)(F)CC2)CC1. The van der Waals surface area contributed by atoms with Crippen LogP contribution in [0.1, 0.15) is 49.1 Å². The van der Waals surface area contributed by atoms with Crippen LogP contribution in [-0.2, 0) is 4.79 Å². The Hall–Kier alpha value is -2.27. The molecule has 2 saturated carbocycles. The number of Topliss-reactive ketones (excluding diaryl/α,β-unsaturated/α-hetero) is 1. The number of furan rings is 1. The van der Waals surface area contributed by atoms with Crippen molar-refractivity contribution in [1.29, 1.82) is 5.26 Å². The zero-order chi connectivity index (χ0) is 20.2. The second-order valence-electron chi connectivity index (χ2n) is 7.71. The molecule has 0 saturated heterocycles. The first kappa shape index (κ1) is 19.1. The number of nitrogens with one attached hydrogen (secondary N) is 1. The van der Waals surface area contributed by atoms with Crippen molar-refractivity contribution in [3.05, 3.63) is 34.5 Å². The maximum atomic E-state index is 13.7. The van der Waals surface area contributed by atoms with Crippen LogP contribution >= 0.6 is 15.9 Å². The summed E-state index contributed by atoms with van der Waals surface area (Å²) in [7, 11) is 0. The van der Waals surface area contributed by atoms with E-state index in [0.29, 0.717) is 23.8 Å². The number of carbonyl (C=O) groups excluding carboxylic acids is 2. The Bertz CT molecular complexity index is 1010. The number of benzene rings is 1. The maximum Gasteiger partial charge on any atom is 0.287 e. The minimum Gasteiger partial charge on any atom is -0.451 e. The van der Waals surface area contributed by atoms with Gasteiger partial charge in [0, 0.05) is 22.7 Å². The lowest BCUT2D eigenvalue weighted by Gasteiger charge is -2.40. The molecule has 8 heteroatoms. The van der Waals surface area contributed by atoms with Gasteiger partial charge in [-0.1, -0.05) is 15.9 Å². The average Bonchev–Trinajstić information content (AvgIpc) is 3.35. The van der Waals surface area contributed by atoms with Gasteiger partial charge in [-0.3, -0.25) is 9.59 Å². The second kappa shape index (κ2) is 6.38. The number of alkyl halides is 2. The molecule has 4 rings (SSSR count). The smallest absolute Gasteiger partial charge is 0.287 e. The Balaban J connectivity index is 1.64. The fraction of sp³-hybridized carbons (Fsp3) is 0.450. The molecule has 1 aromatic heterocycles. The minimum atomic E-state index is -2.87. The number of hydrogen-bond donors (Lipinski definition) is 1. The molecule has 2 aliphatic rings. The zero-order valence-corrected chi connectivity index (χ0v) is 16.4. The molecule has 0 aliphatic heterocycles. The van der Waals surface area contributed by atoms with Gasteiger partial charge in [-0.25, -0.2) is 8.78 Å². The summed E-state index contributed by atoms with van der Waals surface area (Å²) < 4.78 is 33.8. The second-order valence-corrected chi connectivity index (χ2v) is 8.62. The van der Waals surface area contributed by atoms with Gasteiger partial charge in [-0.05, 0) is 49.9 Å². The topological polar surface area (TPSA) is 83.1 Å². The molecule has 2 fully saturated rings. The Labute approximate surface area is 168 Å². The molecule has 146 valence electrons. The van der Waals surface area contributed by atoms with Gasteiger partial charge in [0.1, 0.15) is 16.5 Å². The Morgan fingerprint density at radius 1 is 1.11 bits per heavy atom. The van der Waals surface area contributed by atoms with E-state index in [1.807, 2.05) is 6.07 Å². The van der Waals surface area contributed by atoms with E-state index in [0.717, 1.165) is 4.47 Å². The highest BCUT2D eigenvalue weighted by molar-refractivity contribution is 9.10. The molecule has 0 unspecified atom stereocenters. The molecular formula is C20H17BrF2N2O3. The molecular weight excluding hydrogens is 434 g/mol. The highest BCUT2D eigenvalue weighted by Gasteiger charge is 2.60. The molecule has 0 atom stereocenters. The van der Waals surface area contributed by atoms with Crippen LogP contribution in [0.15, 0.2) is 33.2 Å². The van der Waals surface area contributed by atoms with E-state index in [2.05, 4.69) is 21.2 Å². The summed E-state index contributed by atoms with van der Waals surface area (Å²) >= 11 is 3.33. The van der Waals surface area contributed by atoms with E-state index in [1.54, 1.807) is 24.3 Å². The van der Waals surface area contributed by atoms with Crippen LogP contribution in [0, 0.1) is 16.7 Å². The van der Waals surface area contributed by atoms with Crippen LogP contribution in [0.3, 0.4) is 0 Å². The summed E-state index contributed by atoms with van der Waals surface area (Å²) in [5.74, 6) is -3.96. The molecule has 2 aromatic rings. The molecule has 2 aliphatic carbocycles. The van der Waals surface area contributed by atoms with Crippen LogP contribution in [-0.4, -0.2) is 23.2 Å². The van der Waals surface area contributed by atoms with E-state index < -0.39 is 41.4 Å². The molecule has 0 bridgehead atoms. The number of nitriles is 1. The van der Waals surface area contributed by atoms with E-state index in [9.17, 15) is 23.6 Å². The van der Waals surface area contributed by atoms with E-state index in [4.69, 9.17) is 4.42 Å². The number of halogens is 3. The molecule has 0 radical (unpaired) electrons. The summed E-state index contributed by atoms with van der Waals surface area (Å²) in [6.07, 6.45) is -0.606. The van der Waals surface area contributed by atoms with Crippen molar-refractivity contribution in [2.45, 2.75) is 50.0 Å². The van der Waals surface area contributed by atoms with Gasteiger partial charge in [-0.15, -0.1) is 0 Å². The molecule has 1 heterocycles. The van der Waals surface area contributed by atoms with Crippen molar-refractivity contribution < 1.29 is 22.8 Å². The van der Waals surface area contributed by atoms with Crippen molar-refractivity contribution in [3.63, 3.8) is 0 Å². The highest BCUT2D eigenvalue weighted by Crippen LogP contribution is 2.51. The third kappa shape index (κ3) is 3.22. The van der Waals surface area contributed by atoms with Gasteiger partial charge in [0.25, 0.3) is 5.91 Å². The van der Waals surface area contributed by atoms with Gasteiger partial charge < -0.3 is 9.73 Å². The third-order valence-electron chi connectivity index (χ3n) is 5.73. The van der Waals surface area contributed by atoms with Crippen LogP contribution < -0.4 is 5.32 Å². The van der Waals surface area contributed by atoms with E-state index >= 15 is 0 Å². The van der Waals surface area contributed by atoms with Crippen molar-refractivity contribution in [2.24, 2.45) is 5.41 Å². The lowest BCUT2D eigenvalue weighted by atomic mass is 9.72. The predicted octanol–water partition coefficient (Wildman–Crippen LogP) is 4.75. The average molecular weight is 451 g/mol. The van der Waals surface area contributed by atoms with Gasteiger partial charge in [0.15, 0.2) is 11.5 Å². The van der Waals surface area contributed by atoms with Crippen LogP contribution in [0.2, 0.25) is 0 Å². The van der Waals surface area contributed by atoms with Gasteiger partial charge >= 0.3 is 0 Å². The minimum absolute atomic E-state index is 0.000543. The van der Waals surface area contributed by atoms with E-state index in [1.165, 1.54) is 0 Å². The summed E-state index contributed by atoms with van der Waals surface area (Å²) in [5.41, 5.74) is -2.14. The standard InChI is InChI=1S/C20H17BrF2N2O3/c21-13-2-1-12-9-15(28-14(12)10-13)16(26)25-19(5-7-20(22,23)8-6-19)17(27)18(11-24)3-4-18/h1-2,9-10H,3-8H2,(H,25,26). The number of rotatable bonds is 4. The monoisotopic (exact) mass is 450 g/mol. The fourth-order valence-corrected chi connectivity index (χ4v) is 4.16. The number of fused-ring (bicyclic) bond motifs is 1. The Morgan fingerprint density at radius 3 is 2.39 bits per heavy atom. The van der Waals surface area contributed by atoms with Crippen LogP contribution in [0.5, 0.6) is 0 Å².